The van der Waals surface area contributed by atoms with Gasteiger partial charge in [-0.25, -0.2) is 4.85 Å². The molecule has 0 saturated heterocycles. The van der Waals surface area contributed by atoms with Gasteiger partial charge in [0.1, 0.15) is 0 Å². The third-order valence-electron chi connectivity index (χ3n) is 2.08. The molecule has 0 amide bonds. The van der Waals surface area contributed by atoms with Crippen molar-refractivity contribution in [2.45, 2.75) is 34.1 Å². The fourth-order valence-electron chi connectivity index (χ4n) is 1.50. The van der Waals surface area contributed by atoms with Crippen molar-refractivity contribution in [2.75, 3.05) is 0 Å². The molecule has 0 heterocycles. The van der Waals surface area contributed by atoms with E-state index in [2.05, 4.69) is 37.7 Å². The van der Waals surface area contributed by atoms with Crippen molar-refractivity contribution < 1.29 is 0 Å². The molecule has 0 aromatic heterocycles. The average Bonchev–Trinajstić information content (AvgIpc) is 2.06. The van der Waals surface area contributed by atoms with Crippen molar-refractivity contribution in [2.24, 2.45) is 5.41 Å². The van der Waals surface area contributed by atoms with E-state index in [1.807, 2.05) is 13.0 Å². The van der Waals surface area contributed by atoms with Gasteiger partial charge in [0.25, 0.3) is 0 Å². The first kappa shape index (κ1) is 10.8. The zero-order valence-electron chi connectivity index (χ0n) is 9.39. The molecule has 0 N–H and O–H groups in total. The Labute approximate surface area is 86.6 Å². The smallest absolute Gasteiger partial charge is 0.190 e. The van der Waals surface area contributed by atoms with Crippen LogP contribution in [0.2, 0.25) is 0 Å². The Morgan fingerprint density at radius 3 is 2.43 bits per heavy atom. The van der Waals surface area contributed by atoms with Crippen LogP contribution < -0.4 is 0 Å². The Balaban J connectivity index is 3.05. The molecule has 0 spiro atoms. The number of hydrogen-bond acceptors (Lipinski definition) is 0. The minimum atomic E-state index is 0.245. The number of hydrogen-bond donors (Lipinski definition) is 0. The van der Waals surface area contributed by atoms with Gasteiger partial charge in [0, 0.05) is 0 Å². The molecule has 0 bridgehead atoms. The third-order valence-corrected chi connectivity index (χ3v) is 2.08. The molecular formula is C13H17N. The van der Waals surface area contributed by atoms with Crippen LogP contribution in [0.25, 0.3) is 4.85 Å². The molecule has 1 rings (SSSR count). The third kappa shape index (κ3) is 2.88. The Morgan fingerprint density at radius 1 is 1.29 bits per heavy atom. The molecule has 0 aliphatic rings. The summed E-state index contributed by atoms with van der Waals surface area (Å²) in [7, 11) is 0. The normalized spacial score (nSPS) is 11.1. The van der Waals surface area contributed by atoms with Gasteiger partial charge in [0.15, 0.2) is 5.69 Å². The van der Waals surface area contributed by atoms with Gasteiger partial charge in [0.2, 0.25) is 0 Å². The fourth-order valence-corrected chi connectivity index (χ4v) is 1.50. The highest BCUT2D eigenvalue weighted by Gasteiger charge is 2.13. The van der Waals surface area contributed by atoms with E-state index in [0.29, 0.717) is 0 Å². The van der Waals surface area contributed by atoms with Gasteiger partial charge in [0.05, 0.1) is 6.57 Å². The van der Waals surface area contributed by atoms with E-state index in [1.165, 1.54) is 0 Å². The first-order valence-corrected chi connectivity index (χ1v) is 4.89. The minimum Gasteiger partial charge on any atom is -0.238 e. The summed E-state index contributed by atoms with van der Waals surface area (Å²) in [6.45, 7) is 15.7. The maximum atomic E-state index is 7.11. The van der Waals surface area contributed by atoms with Gasteiger partial charge in [-0.2, -0.15) is 0 Å². The fraction of sp³-hybridized carbons (Fsp3) is 0.462. The summed E-state index contributed by atoms with van der Waals surface area (Å²) in [6, 6.07) is 6.12. The van der Waals surface area contributed by atoms with E-state index in [0.717, 1.165) is 23.2 Å². The number of rotatable bonds is 1. The first-order chi connectivity index (χ1) is 6.42. The Hall–Kier alpha value is -1.29. The quantitative estimate of drug-likeness (QED) is 0.582. The topological polar surface area (TPSA) is 4.36 Å². The Morgan fingerprint density at radius 2 is 1.93 bits per heavy atom. The van der Waals surface area contributed by atoms with Crippen molar-refractivity contribution >= 4 is 5.69 Å². The SMILES string of the molecule is [C-]#[N+]c1cc(C)ccc1CC(C)(C)C. The van der Waals surface area contributed by atoms with Crippen LogP contribution in [-0.4, -0.2) is 0 Å². The van der Waals surface area contributed by atoms with E-state index >= 15 is 0 Å². The molecule has 0 saturated carbocycles. The van der Waals surface area contributed by atoms with Crippen molar-refractivity contribution in [1.82, 2.24) is 0 Å². The van der Waals surface area contributed by atoms with Gasteiger partial charge in [-0.05, 0) is 24.3 Å². The molecule has 0 atom stereocenters. The van der Waals surface area contributed by atoms with Crippen molar-refractivity contribution in [1.29, 1.82) is 0 Å². The van der Waals surface area contributed by atoms with Gasteiger partial charge in [-0.3, -0.25) is 0 Å². The van der Waals surface area contributed by atoms with E-state index in [9.17, 15) is 0 Å². The summed E-state index contributed by atoms with van der Waals surface area (Å²) < 4.78 is 0. The second kappa shape index (κ2) is 3.84. The maximum Gasteiger partial charge on any atom is 0.190 e. The molecule has 0 fully saturated rings. The van der Waals surface area contributed by atoms with Crippen LogP contribution in [0.1, 0.15) is 31.9 Å². The predicted molar refractivity (Wildman–Crippen MR) is 60.6 cm³/mol. The number of benzene rings is 1. The molecular weight excluding hydrogens is 170 g/mol. The van der Waals surface area contributed by atoms with Gasteiger partial charge >= 0.3 is 0 Å². The van der Waals surface area contributed by atoms with Gasteiger partial charge < -0.3 is 0 Å². The second-order valence-electron chi connectivity index (χ2n) is 4.98. The summed E-state index contributed by atoms with van der Waals surface area (Å²) in [5.74, 6) is 0. The van der Waals surface area contributed by atoms with Gasteiger partial charge in [-0.15, -0.1) is 0 Å². The standard InChI is InChI=1S/C13H17N/c1-10-6-7-11(9-13(2,3)4)12(8-10)14-5/h6-8H,9H2,1-4H3. The van der Waals surface area contributed by atoms with Crippen molar-refractivity contribution in [3.05, 3.63) is 40.7 Å². The number of nitrogens with zero attached hydrogens (tertiary/aromatic N) is 1. The number of aryl methyl sites for hydroxylation is 1. The lowest BCUT2D eigenvalue weighted by Gasteiger charge is -2.19. The highest BCUT2D eigenvalue weighted by molar-refractivity contribution is 5.54. The molecule has 0 radical (unpaired) electrons. The Kier molecular flexibility index (Phi) is 2.96. The van der Waals surface area contributed by atoms with Crippen molar-refractivity contribution in [3.63, 3.8) is 0 Å². The molecule has 1 aromatic carbocycles. The van der Waals surface area contributed by atoms with Gasteiger partial charge in [-0.1, -0.05) is 44.5 Å². The Bertz CT molecular complexity index is 364. The minimum absolute atomic E-state index is 0.245. The van der Waals surface area contributed by atoms with Crippen LogP contribution >= 0.6 is 0 Å². The van der Waals surface area contributed by atoms with E-state index in [4.69, 9.17) is 6.57 Å². The molecule has 0 aliphatic carbocycles. The molecule has 0 unspecified atom stereocenters. The summed E-state index contributed by atoms with van der Waals surface area (Å²) in [5.41, 5.74) is 3.38. The summed E-state index contributed by atoms with van der Waals surface area (Å²) >= 11 is 0. The molecule has 14 heavy (non-hydrogen) atoms. The lowest BCUT2D eigenvalue weighted by molar-refractivity contribution is 0.412. The van der Waals surface area contributed by atoms with Crippen LogP contribution in [-0.2, 0) is 6.42 Å². The second-order valence-corrected chi connectivity index (χ2v) is 4.98. The van der Waals surface area contributed by atoms with Crippen LogP contribution in [0.3, 0.4) is 0 Å². The largest absolute Gasteiger partial charge is 0.238 e. The average molecular weight is 187 g/mol. The molecule has 1 aromatic rings. The molecule has 1 heteroatoms. The summed E-state index contributed by atoms with van der Waals surface area (Å²) in [6.07, 6.45) is 0.963. The zero-order valence-corrected chi connectivity index (χ0v) is 9.39. The van der Waals surface area contributed by atoms with E-state index < -0.39 is 0 Å². The first-order valence-electron chi connectivity index (χ1n) is 4.89. The lowest BCUT2D eigenvalue weighted by atomic mass is 9.87. The van der Waals surface area contributed by atoms with Crippen molar-refractivity contribution in [3.8, 4) is 0 Å². The molecule has 74 valence electrons. The zero-order chi connectivity index (χ0) is 10.8. The van der Waals surface area contributed by atoms with Crippen LogP contribution in [0.5, 0.6) is 0 Å². The van der Waals surface area contributed by atoms with E-state index in [-0.39, 0.29) is 5.41 Å². The van der Waals surface area contributed by atoms with Crippen LogP contribution in [0.15, 0.2) is 18.2 Å². The van der Waals surface area contributed by atoms with E-state index in [1.54, 1.807) is 0 Å². The highest BCUT2D eigenvalue weighted by atomic mass is 14.6. The van der Waals surface area contributed by atoms with Crippen LogP contribution in [0, 0.1) is 18.9 Å². The molecule has 1 nitrogen and oxygen atoms in total. The molecule has 0 aliphatic heterocycles. The summed E-state index contributed by atoms with van der Waals surface area (Å²) in [4.78, 5) is 3.57. The van der Waals surface area contributed by atoms with Crippen LogP contribution in [0.4, 0.5) is 5.69 Å². The maximum absolute atomic E-state index is 7.11. The highest BCUT2D eigenvalue weighted by Crippen LogP contribution is 2.28. The lowest BCUT2D eigenvalue weighted by Crippen LogP contribution is -2.09. The predicted octanol–water partition coefficient (Wildman–Crippen LogP) is 4.13. The monoisotopic (exact) mass is 187 g/mol. The summed E-state index contributed by atoms with van der Waals surface area (Å²) in [5, 5.41) is 0.